The summed E-state index contributed by atoms with van der Waals surface area (Å²) in [6.45, 7) is 2.72. The van der Waals surface area contributed by atoms with E-state index in [-0.39, 0.29) is 0 Å². The van der Waals surface area contributed by atoms with Crippen molar-refractivity contribution in [3.63, 3.8) is 0 Å². The molecule has 13 heavy (non-hydrogen) atoms. The van der Waals surface area contributed by atoms with Crippen molar-refractivity contribution in [3.05, 3.63) is 0 Å². The van der Waals surface area contributed by atoms with Crippen molar-refractivity contribution in [2.45, 2.75) is 38.5 Å². The van der Waals surface area contributed by atoms with E-state index in [4.69, 9.17) is 5.11 Å². The standard InChI is InChI=1S/C11H21NO/c13-7-6-11(4-5-11)9-12-8-10-2-1-3-10/h10,12-13H,1-9H2. The Kier molecular flexibility index (Phi) is 2.89. The van der Waals surface area contributed by atoms with Crippen LogP contribution in [0.15, 0.2) is 0 Å². The largest absolute Gasteiger partial charge is 0.396 e. The second kappa shape index (κ2) is 3.97. The van der Waals surface area contributed by atoms with Crippen LogP contribution in [-0.4, -0.2) is 24.8 Å². The molecule has 0 amide bonds. The maximum Gasteiger partial charge on any atom is 0.0436 e. The van der Waals surface area contributed by atoms with E-state index in [1.54, 1.807) is 0 Å². The molecular weight excluding hydrogens is 162 g/mol. The molecule has 0 radical (unpaired) electrons. The molecule has 2 rings (SSSR count). The van der Waals surface area contributed by atoms with Gasteiger partial charge in [0.15, 0.2) is 0 Å². The first-order valence-corrected chi connectivity index (χ1v) is 5.66. The van der Waals surface area contributed by atoms with E-state index in [2.05, 4.69) is 5.32 Å². The molecule has 0 unspecified atom stereocenters. The van der Waals surface area contributed by atoms with Crippen LogP contribution in [0.5, 0.6) is 0 Å². The van der Waals surface area contributed by atoms with Gasteiger partial charge in [-0.05, 0) is 50.0 Å². The summed E-state index contributed by atoms with van der Waals surface area (Å²) in [5, 5.41) is 12.4. The van der Waals surface area contributed by atoms with Crippen molar-refractivity contribution in [2.24, 2.45) is 11.3 Å². The maximum atomic E-state index is 8.88. The minimum atomic E-state index is 0.366. The third-order valence-electron chi connectivity index (χ3n) is 3.76. The van der Waals surface area contributed by atoms with Gasteiger partial charge in [0.1, 0.15) is 0 Å². The molecule has 0 aromatic carbocycles. The fourth-order valence-electron chi connectivity index (χ4n) is 2.17. The third kappa shape index (κ3) is 2.44. The zero-order chi connectivity index (χ0) is 9.15. The molecule has 0 aromatic heterocycles. The monoisotopic (exact) mass is 183 g/mol. The van der Waals surface area contributed by atoms with Gasteiger partial charge in [0.05, 0.1) is 0 Å². The summed E-state index contributed by atoms with van der Waals surface area (Å²) in [7, 11) is 0. The highest BCUT2D eigenvalue weighted by molar-refractivity contribution is 4.94. The molecule has 0 spiro atoms. The van der Waals surface area contributed by atoms with E-state index in [1.165, 1.54) is 38.6 Å². The zero-order valence-electron chi connectivity index (χ0n) is 8.39. The molecule has 2 aliphatic rings. The predicted molar refractivity (Wildman–Crippen MR) is 53.6 cm³/mol. The van der Waals surface area contributed by atoms with Gasteiger partial charge in [0.2, 0.25) is 0 Å². The van der Waals surface area contributed by atoms with Crippen molar-refractivity contribution < 1.29 is 5.11 Å². The molecule has 0 saturated heterocycles. The molecular formula is C11H21NO. The van der Waals surface area contributed by atoms with Crippen molar-refractivity contribution in [1.82, 2.24) is 5.32 Å². The summed E-state index contributed by atoms with van der Waals surface area (Å²) in [5.74, 6) is 0.963. The van der Waals surface area contributed by atoms with Crippen molar-refractivity contribution in [2.75, 3.05) is 19.7 Å². The molecule has 2 heteroatoms. The van der Waals surface area contributed by atoms with Crippen LogP contribution in [0.2, 0.25) is 0 Å². The Balaban J connectivity index is 1.56. The normalized spacial score (nSPS) is 25.6. The van der Waals surface area contributed by atoms with Gasteiger partial charge in [-0.15, -0.1) is 0 Å². The summed E-state index contributed by atoms with van der Waals surface area (Å²) in [6.07, 6.45) is 7.95. The van der Waals surface area contributed by atoms with Crippen LogP contribution in [0, 0.1) is 11.3 Å². The number of aliphatic hydroxyl groups is 1. The summed E-state index contributed by atoms with van der Waals surface area (Å²) in [4.78, 5) is 0. The smallest absolute Gasteiger partial charge is 0.0436 e. The average Bonchev–Trinajstić information content (AvgIpc) is 2.77. The number of rotatable bonds is 6. The number of nitrogens with one attached hydrogen (secondary N) is 1. The number of hydrogen-bond acceptors (Lipinski definition) is 2. The van der Waals surface area contributed by atoms with Gasteiger partial charge in [-0.2, -0.15) is 0 Å². The number of hydrogen-bond donors (Lipinski definition) is 2. The van der Waals surface area contributed by atoms with E-state index in [1.807, 2.05) is 0 Å². The Bertz CT molecular complexity index is 161. The molecule has 2 nitrogen and oxygen atoms in total. The molecule has 0 aliphatic heterocycles. The topological polar surface area (TPSA) is 32.3 Å². The van der Waals surface area contributed by atoms with Gasteiger partial charge in [0.25, 0.3) is 0 Å². The van der Waals surface area contributed by atoms with E-state index < -0.39 is 0 Å². The molecule has 2 N–H and O–H groups in total. The van der Waals surface area contributed by atoms with Crippen LogP contribution >= 0.6 is 0 Å². The SMILES string of the molecule is OCCC1(CNCC2CCC2)CC1. The Hall–Kier alpha value is -0.0800. The lowest BCUT2D eigenvalue weighted by atomic mass is 9.85. The molecule has 2 saturated carbocycles. The first kappa shape index (κ1) is 9.47. The molecule has 2 fully saturated rings. The van der Waals surface area contributed by atoms with Crippen LogP contribution < -0.4 is 5.32 Å². The first-order chi connectivity index (χ1) is 6.35. The highest BCUT2D eigenvalue weighted by atomic mass is 16.3. The van der Waals surface area contributed by atoms with Gasteiger partial charge < -0.3 is 10.4 Å². The van der Waals surface area contributed by atoms with Gasteiger partial charge in [0, 0.05) is 13.2 Å². The molecule has 0 bridgehead atoms. The Labute approximate surface area is 80.7 Å². The fraction of sp³-hybridized carbons (Fsp3) is 1.00. The summed E-state index contributed by atoms with van der Waals surface area (Å²) in [5.41, 5.74) is 0.499. The summed E-state index contributed by atoms with van der Waals surface area (Å²) >= 11 is 0. The van der Waals surface area contributed by atoms with Crippen molar-refractivity contribution in [1.29, 1.82) is 0 Å². The lowest BCUT2D eigenvalue weighted by Crippen LogP contribution is -2.32. The van der Waals surface area contributed by atoms with E-state index in [9.17, 15) is 0 Å². The Morgan fingerprint density at radius 1 is 1.31 bits per heavy atom. The minimum absolute atomic E-state index is 0.366. The second-order valence-electron chi connectivity index (χ2n) is 4.90. The van der Waals surface area contributed by atoms with Crippen LogP contribution in [0.25, 0.3) is 0 Å². The molecule has 76 valence electrons. The lowest BCUT2D eigenvalue weighted by Gasteiger charge is -2.26. The highest BCUT2D eigenvalue weighted by Gasteiger charge is 2.41. The van der Waals surface area contributed by atoms with Gasteiger partial charge in [-0.1, -0.05) is 6.42 Å². The van der Waals surface area contributed by atoms with Crippen LogP contribution in [0.1, 0.15) is 38.5 Å². The van der Waals surface area contributed by atoms with Crippen LogP contribution in [0.3, 0.4) is 0 Å². The van der Waals surface area contributed by atoms with E-state index in [0.717, 1.165) is 18.9 Å². The minimum Gasteiger partial charge on any atom is -0.396 e. The summed E-state index contributed by atoms with van der Waals surface area (Å²) < 4.78 is 0. The molecule has 0 atom stereocenters. The van der Waals surface area contributed by atoms with Gasteiger partial charge >= 0.3 is 0 Å². The Morgan fingerprint density at radius 2 is 2.08 bits per heavy atom. The molecule has 2 aliphatic carbocycles. The number of aliphatic hydroxyl groups excluding tert-OH is 1. The predicted octanol–water partition coefficient (Wildman–Crippen LogP) is 1.54. The first-order valence-electron chi connectivity index (χ1n) is 5.66. The lowest BCUT2D eigenvalue weighted by molar-refractivity contribution is 0.237. The van der Waals surface area contributed by atoms with Crippen LogP contribution in [-0.2, 0) is 0 Å². The average molecular weight is 183 g/mol. The fourth-order valence-corrected chi connectivity index (χ4v) is 2.17. The van der Waals surface area contributed by atoms with E-state index in [0.29, 0.717) is 12.0 Å². The van der Waals surface area contributed by atoms with Gasteiger partial charge in [-0.3, -0.25) is 0 Å². The third-order valence-corrected chi connectivity index (χ3v) is 3.76. The van der Waals surface area contributed by atoms with Crippen LogP contribution in [0.4, 0.5) is 0 Å². The maximum absolute atomic E-state index is 8.88. The van der Waals surface area contributed by atoms with Gasteiger partial charge in [-0.25, -0.2) is 0 Å². The zero-order valence-corrected chi connectivity index (χ0v) is 8.39. The van der Waals surface area contributed by atoms with E-state index >= 15 is 0 Å². The second-order valence-corrected chi connectivity index (χ2v) is 4.90. The quantitative estimate of drug-likeness (QED) is 0.654. The summed E-state index contributed by atoms with van der Waals surface area (Å²) in [6, 6.07) is 0. The molecule has 0 heterocycles. The Morgan fingerprint density at radius 3 is 2.54 bits per heavy atom. The van der Waals surface area contributed by atoms with Crippen molar-refractivity contribution in [3.8, 4) is 0 Å². The van der Waals surface area contributed by atoms with Crippen molar-refractivity contribution >= 4 is 0 Å². The molecule has 0 aromatic rings. The highest BCUT2D eigenvalue weighted by Crippen LogP contribution is 2.47.